The summed E-state index contributed by atoms with van der Waals surface area (Å²) in [6.45, 7) is 3.26. The summed E-state index contributed by atoms with van der Waals surface area (Å²) in [5.41, 5.74) is 2.69. The van der Waals surface area contributed by atoms with Crippen molar-refractivity contribution >= 4 is 28.5 Å². The standard InChI is InChI=1S/C21H22ClN3O/c1-15-8-6-7-13-24(15)20(26)14-25-19-12-5-4-11-18(19)23-21(25)16-9-2-3-10-17(16)22/h2-5,9-12,15H,6-8,13-14H2,1H3. The Balaban J connectivity index is 1.77. The highest BCUT2D eigenvalue weighted by atomic mass is 35.5. The predicted molar refractivity (Wildman–Crippen MR) is 105 cm³/mol. The number of para-hydroxylation sites is 2. The van der Waals surface area contributed by atoms with Gasteiger partial charge in [0, 0.05) is 18.2 Å². The van der Waals surface area contributed by atoms with Gasteiger partial charge in [-0.05, 0) is 50.5 Å². The number of aromatic nitrogens is 2. The van der Waals surface area contributed by atoms with Crippen LogP contribution >= 0.6 is 11.6 Å². The second-order valence-electron chi connectivity index (χ2n) is 6.92. The van der Waals surface area contributed by atoms with Crippen molar-refractivity contribution in [1.29, 1.82) is 0 Å². The van der Waals surface area contributed by atoms with Crippen molar-refractivity contribution in [1.82, 2.24) is 14.5 Å². The minimum Gasteiger partial charge on any atom is -0.338 e. The molecule has 0 aliphatic carbocycles. The maximum Gasteiger partial charge on any atom is 0.242 e. The first-order chi connectivity index (χ1) is 12.6. The van der Waals surface area contributed by atoms with Crippen molar-refractivity contribution in [2.75, 3.05) is 6.54 Å². The molecule has 1 amide bonds. The van der Waals surface area contributed by atoms with Gasteiger partial charge in [0.15, 0.2) is 0 Å². The molecule has 0 spiro atoms. The molecule has 5 heteroatoms. The van der Waals surface area contributed by atoms with E-state index in [1.165, 1.54) is 6.42 Å². The average Bonchev–Trinajstić information content (AvgIpc) is 3.01. The number of piperidine rings is 1. The van der Waals surface area contributed by atoms with Crippen molar-refractivity contribution in [2.24, 2.45) is 0 Å². The third-order valence-corrected chi connectivity index (χ3v) is 5.52. The number of fused-ring (bicyclic) bond motifs is 1. The van der Waals surface area contributed by atoms with E-state index in [1.807, 2.05) is 58.0 Å². The molecule has 1 atom stereocenters. The quantitative estimate of drug-likeness (QED) is 0.669. The number of carbonyl (C=O) groups is 1. The highest BCUT2D eigenvalue weighted by Gasteiger charge is 2.25. The van der Waals surface area contributed by atoms with E-state index in [9.17, 15) is 4.79 Å². The average molecular weight is 368 g/mol. The van der Waals surface area contributed by atoms with Gasteiger partial charge in [0.1, 0.15) is 12.4 Å². The van der Waals surface area contributed by atoms with E-state index in [4.69, 9.17) is 16.6 Å². The second-order valence-corrected chi connectivity index (χ2v) is 7.33. The van der Waals surface area contributed by atoms with E-state index in [2.05, 4.69) is 6.92 Å². The molecule has 2 aromatic carbocycles. The number of hydrogen-bond donors (Lipinski definition) is 0. The molecular weight excluding hydrogens is 346 g/mol. The summed E-state index contributed by atoms with van der Waals surface area (Å²) in [5, 5.41) is 0.642. The topological polar surface area (TPSA) is 38.1 Å². The van der Waals surface area contributed by atoms with E-state index < -0.39 is 0 Å². The Kier molecular flexibility index (Phi) is 4.68. The normalized spacial score (nSPS) is 17.6. The number of carbonyl (C=O) groups excluding carboxylic acids is 1. The molecule has 4 nitrogen and oxygen atoms in total. The number of benzene rings is 2. The van der Waals surface area contributed by atoms with Crippen molar-refractivity contribution in [3.63, 3.8) is 0 Å². The van der Waals surface area contributed by atoms with Crippen LogP contribution in [0.25, 0.3) is 22.4 Å². The third kappa shape index (κ3) is 3.10. The molecule has 1 aliphatic rings. The maximum absolute atomic E-state index is 13.0. The lowest BCUT2D eigenvalue weighted by molar-refractivity contribution is -0.134. The molecule has 1 aliphatic heterocycles. The van der Waals surface area contributed by atoms with Gasteiger partial charge in [0.2, 0.25) is 5.91 Å². The number of nitrogens with zero attached hydrogens (tertiary/aromatic N) is 3. The fourth-order valence-corrected chi connectivity index (χ4v) is 4.00. The molecule has 0 N–H and O–H groups in total. The monoisotopic (exact) mass is 367 g/mol. The number of amides is 1. The highest BCUT2D eigenvalue weighted by molar-refractivity contribution is 6.33. The Labute approximate surface area is 158 Å². The molecule has 1 fully saturated rings. The first-order valence-electron chi connectivity index (χ1n) is 9.15. The molecule has 1 aromatic heterocycles. The first kappa shape index (κ1) is 17.1. The first-order valence-corrected chi connectivity index (χ1v) is 9.52. The van der Waals surface area contributed by atoms with E-state index in [1.54, 1.807) is 0 Å². The van der Waals surface area contributed by atoms with Gasteiger partial charge in [-0.25, -0.2) is 4.98 Å². The fourth-order valence-electron chi connectivity index (χ4n) is 3.78. The van der Waals surface area contributed by atoms with Crippen LogP contribution in [0.2, 0.25) is 5.02 Å². The van der Waals surface area contributed by atoms with Gasteiger partial charge in [0.05, 0.1) is 16.1 Å². The zero-order chi connectivity index (χ0) is 18.1. The van der Waals surface area contributed by atoms with Gasteiger partial charge in [0.25, 0.3) is 0 Å². The van der Waals surface area contributed by atoms with Gasteiger partial charge in [-0.3, -0.25) is 4.79 Å². The smallest absolute Gasteiger partial charge is 0.242 e. The minimum absolute atomic E-state index is 0.147. The molecule has 134 valence electrons. The molecule has 1 unspecified atom stereocenters. The lowest BCUT2D eigenvalue weighted by Gasteiger charge is -2.33. The van der Waals surface area contributed by atoms with Crippen LogP contribution in [0.4, 0.5) is 0 Å². The molecule has 0 radical (unpaired) electrons. The molecule has 2 heterocycles. The Morgan fingerprint density at radius 3 is 2.73 bits per heavy atom. The summed E-state index contributed by atoms with van der Waals surface area (Å²) in [6.07, 6.45) is 3.36. The van der Waals surface area contributed by atoms with E-state index in [-0.39, 0.29) is 12.5 Å². The van der Waals surface area contributed by atoms with Gasteiger partial charge >= 0.3 is 0 Å². The summed E-state index contributed by atoms with van der Waals surface area (Å²) in [4.78, 5) is 19.8. The molecule has 4 rings (SSSR count). The van der Waals surface area contributed by atoms with Gasteiger partial charge in [-0.15, -0.1) is 0 Å². The van der Waals surface area contributed by atoms with Crippen LogP contribution in [0.3, 0.4) is 0 Å². The van der Waals surface area contributed by atoms with Crippen LogP contribution in [0.15, 0.2) is 48.5 Å². The summed E-state index contributed by atoms with van der Waals surface area (Å²) in [7, 11) is 0. The molecule has 0 saturated carbocycles. The number of rotatable bonds is 3. The zero-order valence-electron chi connectivity index (χ0n) is 14.9. The van der Waals surface area contributed by atoms with E-state index in [0.29, 0.717) is 11.1 Å². The molecular formula is C21H22ClN3O. The maximum atomic E-state index is 13.0. The van der Waals surface area contributed by atoms with Crippen molar-refractivity contribution in [2.45, 2.75) is 38.8 Å². The zero-order valence-corrected chi connectivity index (χ0v) is 15.6. The number of halogens is 1. The number of imidazole rings is 1. The largest absolute Gasteiger partial charge is 0.338 e. The molecule has 26 heavy (non-hydrogen) atoms. The summed E-state index contributed by atoms with van der Waals surface area (Å²) < 4.78 is 2.00. The minimum atomic E-state index is 0.147. The van der Waals surface area contributed by atoms with Crippen LogP contribution in [0, 0.1) is 0 Å². The lowest BCUT2D eigenvalue weighted by atomic mass is 10.0. The number of hydrogen-bond acceptors (Lipinski definition) is 2. The molecule has 1 saturated heterocycles. The van der Waals surface area contributed by atoms with Gasteiger partial charge < -0.3 is 9.47 Å². The van der Waals surface area contributed by atoms with E-state index in [0.717, 1.165) is 41.8 Å². The van der Waals surface area contributed by atoms with E-state index >= 15 is 0 Å². The summed E-state index contributed by atoms with van der Waals surface area (Å²) >= 11 is 6.42. The Morgan fingerprint density at radius 2 is 1.92 bits per heavy atom. The van der Waals surface area contributed by atoms with Crippen molar-refractivity contribution < 1.29 is 4.79 Å². The van der Waals surface area contributed by atoms with Crippen LogP contribution in [0.1, 0.15) is 26.2 Å². The van der Waals surface area contributed by atoms with Crippen molar-refractivity contribution in [3.05, 3.63) is 53.6 Å². The second kappa shape index (κ2) is 7.12. The van der Waals surface area contributed by atoms with Crippen LogP contribution < -0.4 is 0 Å². The summed E-state index contributed by atoms with van der Waals surface area (Å²) in [5.74, 6) is 0.892. The van der Waals surface area contributed by atoms with Crippen molar-refractivity contribution in [3.8, 4) is 11.4 Å². The summed E-state index contributed by atoms with van der Waals surface area (Å²) in [6, 6.07) is 15.9. The Morgan fingerprint density at radius 1 is 1.15 bits per heavy atom. The number of likely N-dealkylation sites (tertiary alicyclic amines) is 1. The van der Waals surface area contributed by atoms with Crippen LogP contribution in [-0.4, -0.2) is 32.9 Å². The van der Waals surface area contributed by atoms with Crippen LogP contribution in [0.5, 0.6) is 0 Å². The van der Waals surface area contributed by atoms with Crippen LogP contribution in [-0.2, 0) is 11.3 Å². The Bertz CT molecular complexity index is 949. The highest BCUT2D eigenvalue weighted by Crippen LogP contribution is 2.30. The predicted octanol–water partition coefficient (Wildman–Crippen LogP) is 4.76. The SMILES string of the molecule is CC1CCCCN1C(=O)Cn1c(-c2ccccc2Cl)nc2ccccc21. The lowest BCUT2D eigenvalue weighted by Crippen LogP contribution is -2.43. The Hall–Kier alpha value is -2.33. The molecule has 3 aromatic rings. The molecule has 0 bridgehead atoms. The van der Waals surface area contributed by atoms with Gasteiger partial charge in [-0.2, -0.15) is 0 Å². The van der Waals surface area contributed by atoms with Gasteiger partial charge in [-0.1, -0.05) is 35.9 Å². The third-order valence-electron chi connectivity index (χ3n) is 5.19. The fraction of sp³-hybridized carbons (Fsp3) is 0.333.